The van der Waals surface area contributed by atoms with Crippen molar-refractivity contribution in [2.45, 2.75) is 36.6 Å². The van der Waals surface area contributed by atoms with Crippen molar-refractivity contribution < 1.29 is 0 Å². The number of hydrogen-bond acceptors (Lipinski definition) is 2. The smallest absolute Gasteiger partial charge is 0.123 e. The van der Waals surface area contributed by atoms with E-state index in [0.29, 0.717) is 5.92 Å². The van der Waals surface area contributed by atoms with Crippen LogP contribution in [0.3, 0.4) is 0 Å². The number of hydrogen-bond donors (Lipinski definition) is 1. The maximum atomic E-state index is 4.19. The second-order valence-corrected chi connectivity index (χ2v) is 5.19. The van der Waals surface area contributed by atoms with Gasteiger partial charge in [-0.25, -0.2) is 0 Å². The topological polar surface area (TPSA) is 28.7 Å². The Kier molecular flexibility index (Phi) is 3.34. The fourth-order valence-electron chi connectivity index (χ4n) is 1.68. The molecule has 1 N–H and O–H groups in total. The van der Waals surface area contributed by atoms with E-state index in [1.807, 2.05) is 12.3 Å². The number of rotatable bonds is 3. The van der Waals surface area contributed by atoms with Gasteiger partial charge < -0.3 is 0 Å². The summed E-state index contributed by atoms with van der Waals surface area (Å²) < 4.78 is 0. The molecule has 0 aliphatic carbocycles. The highest BCUT2D eigenvalue weighted by Gasteiger charge is 2.11. The van der Waals surface area contributed by atoms with Gasteiger partial charge in [0.2, 0.25) is 0 Å². The van der Waals surface area contributed by atoms with Crippen LogP contribution in [-0.4, -0.2) is 10.2 Å². The van der Waals surface area contributed by atoms with Crippen molar-refractivity contribution in [3.05, 3.63) is 41.6 Å². The summed E-state index contributed by atoms with van der Waals surface area (Å²) in [5.74, 6) is 0.543. The first kappa shape index (κ1) is 11.3. The molecule has 0 saturated heterocycles. The molecule has 1 heterocycles. The monoisotopic (exact) mass is 232 g/mol. The highest BCUT2D eigenvalue weighted by atomic mass is 32.2. The van der Waals surface area contributed by atoms with E-state index in [9.17, 15) is 0 Å². The maximum absolute atomic E-state index is 4.19. The molecule has 0 aliphatic rings. The average molecular weight is 232 g/mol. The van der Waals surface area contributed by atoms with Crippen LogP contribution in [0.5, 0.6) is 0 Å². The van der Waals surface area contributed by atoms with E-state index in [-0.39, 0.29) is 0 Å². The molecule has 2 rings (SSSR count). The lowest BCUT2D eigenvalue weighted by Gasteiger charge is -2.13. The Morgan fingerprint density at radius 2 is 2.06 bits per heavy atom. The Balaban J connectivity index is 2.38. The molecule has 1 aromatic heterocycles. The predicted molar refractivity (Wildman–Crippen MR) is 68.0 cm³/mol. The first-order chi connectivity index (χ1) is 7.68. The van der Waals surface area contributed by atoms with Crippen LogP contribution in [-0.2, 0) is 0 Å². The summed E-state index contributed by atoms with van der Waals surface area (Å²) in [6, 6.07) is 8.48. The van der Waals surface area contributed by atoms with Gasteiger partial charge in [-0.15, -0.1) is 0 Å². The van der Waals surface area contributed by atoms with Gasteiger partial charge in [0.25, 0.3) is 0 Å². The third kappa shape index (κ3) is 2.30. The number of aryl methyl sites for hydroxylation is 1. The van der Waals surface area contributed by atoms with Crippen LogP contribution in [0.4, 0.5) is 0 Å². The molecule has 0 saturated carbocycles. The maximum Gasteiger partial charge on any atom is 0.123 e. The quantitative estimate of drug-likeness (QED) is 0.866. The Hall–Kier alpha value is -1.22. The van der Waals surface area contributed by atoms with E-state index in [1.54, 1.807) is 11.8 Å². The third-order valence-electron chi connectivity index (χ3n) is 2.55. The van der Waals surface area contributed by atoms with Crippen molar-refractivity contribution in [2.75, 3.05) is 0 Å². The molecule has 2 aromatic rings. The molecule has 84 valence electrons. The van der Waals surface area contributed by atoms with Crippen LogP contribution in [0.1, 0.15) is 30.9 Å². The number of H-pyrrole nitrogens is 1. The van der Waals surface area contributed by atoms with Crippen LogP contribution < -0.4 is 0 Å². The summed E-state index contributed by atoms with van der Waals surface area (Å²) in [6.07, 6.45) is 1.86. The van der Waals surface area contributed by atoms with Crippen molar-refractivity contribution in [3.63, 3.8) is 0 Å². The van der Waals surface area contributed by atoms with Gasteiger partial charge in [-0.2, -0.15) is 5.10 Å². The number of nitrogens with zero attached hydrogens (tertiary/aromatic N) is 1. The molecule has 0 radical (unpaired) electrons. The number of nitrogens with one attached hydrogen (secondary N) is 1. The highest BCUT2D eigenvalue weighted by molar-refractivity contribution is 7.99. The highest BCUT2D eigenvalue weighted by Crippen LogP contribution is 2.35. The van der Waals surface area contributed by atoms with E-state index in [1.165, 1.54) is 16.0 Å². The molecule has 0 bridgehead atoms. The second-order valence-electron chi connectivity index (χ2n) is 4.16. The minimum Gasteiger partial charge on any atom is -0.285 e. The minimum absolute atomic E-state index is 0.543. The molecule has 16 heavy (non-hydrogen) atoms. The third-order valence-corrected chi connectivity index (χ3v) is 3.74. The van der Waals surface area contributed by atoms with Gasteiger partial charge in [0, 0.05) is 11.1 Å². The van der Waals surface area contributed by atoms with Gasteiger partial charge in [0.1, 0.15) is 5.03 Å². The predicted octanol–water partition coefficient (Wildman–Crippen LogP) is 3.99. The Labute approximate surface area is 100 Å². The molecule has 2 nitrogen and oxygen atoms in total. The van der Waals surface area contributed by atoms with Crippen molar-refractivity contribution in [3.8, 4) is 0 Å². The Morgan fingerprint density at radius 3 is 2.69 bits per heavy atom. The standard InChI is InChI=1S/C13H16N2S/c1-9(2)11-6-4-5-10(3)13(11)16-12-7-8-14-15-12/h4-9H,1-3H3,(H,14,15). The Bertz CT molecular complexity index is 461. The van der Waals surface area contributed by atoms with Crippen molar-refractivity contribution in [1.29, 1.82) is 0 Å². The summed E-state index contributed by atoms with van der Waals surface area (Å²) >= 11 is 1.73. The zero-order valence-electron chi connectivity index (χ0n) is 9.82. The van der Waals surface area contributed by atoms with Gasteiger partial charge in [-0.05, 0) is 30.0 Å². The van der Waals surface area contributed by atoms with Gasteiger partial charge in [0.15, 0.2) is 0 Å². The van der Waals surface area contributed by atoms with Crippen LogP contribution in [0, 0.1) is 6.92 Å². The normalized spacial score (nSPS) is 11.0. The lowest BCUT2D eigenvalue weighted by atomic mass is 10.0. The molecule has 3 heteroatoms. The summed E-state index contributed by atoms with van der Waals surface area (Å²) in [4.78, 5) is 1.34. The molecule has 0 spiro atoms. The molecule has 0 amide bonds. The van der Waals surface area contributed by atoms with E-state index in [4.69, 9.17) is 0 Å². The lowest BCUT2D eigenvalue weighted by Crippen LogP contribution is -1.93. The SMILES string of the molecule is Cc1cccc(C(C)C)c1Sc1cc[nH]n1. The van der Waals surface area contributed by atoms with Gasteiger partial charge in [0.05, 0.1) is 0 Å². The Morgan fingerprint density at radius 1 is 1.25 bits per heavy atom. The minimum atomic E-state index is 0.543. The summed E-state index contributed by atoms with van der Waals surface area (Å²) in [7, 11) is 0. The van der Waals surface area contributed by atoms with Crippen LogP contribution >= 0.6 is 11.8 Å². The van der Waals surface area contributed by atoms with Gasteiger partial charge in [-0.3, -0.25) is 5.10 Å². The van der Waals surface area contributed by atoms with Gasteiger partial charge in [-0.1, -0.05) is 43.8 Å². The number of aromatic nitrogens is 2. The molecular formula is C13H16N2S. The van der Waals surface area contributed by atoms with E-state index in [0.717, 1.165) is 5.03 Å². The van der Waals surface area contributed by atoms with Crippen LogP contribution in [0.15, 0.2) is 40.4 Å². The summed E-state index contributed by atoms with van der Waals surface area (Å²) in [6.45, 7) is 6.60. The van der Waals surface area contributed by atoms with E-state index < -0.39 is 0 Å². The first-order valence-corrected chi connectivity index (χ1v) is 6.27. The number of benzene rings is 1. The number of aromatic amines is 1. The average Bonchev–Trinajstić information content (AvgIpc) is 2.73. The second kappa shape index (κ2) is 4.74. The van der Waals surface area contributed by atoms with Gasteiger partial charge >= 0.3 is 0 Å². The van der Waals surface area contributed by atoms with Crippen molar-refractivity contribution >= 4 is 11.8 Å². The molecule has 0 aliphatic heterocycles. The molecule has 0 atom stereocenters. The lowest BCUT2D eigenvalue weighted by molar-refractivity contribution is 0.837. The van der Waals surface area contributed by atoms with E-state index >= 15 is 0 Å². The molecule has 0 unspecified atom stereocenters. The molecule has 0 fully saturated rings. The van der Waals surface area contributed by atoms with Crippen LogP contribution in [0.25, 0.3) is 0 Å². The zero-order valence-corrected chi connectivity index (χ0v) is 10.6. The zero-order chi connectivity index (χ0) is 11.5. The van der Waals surface area contributed by atoms with Crippen molar-refractivity contribution in [1.82, 2.24) is 10.2 Å². The molecule has 1 aromatic carbocycles. The van der Waals surface area contributed by atoms with E-state index in [2.05, 4.69) is 49.2 Å². The largest absolute Gasteiger partial charge is 0.285 e. The van der Waals surface area contributed by atoms with Crippen LogP contribution in [0.2, 0.25) is 0 Å². The molecular weight excluding hydrogens is 216 g/mol. The fourth-order valence-corrected chi connectivity index (χ4v) is 2.77. The summed E-state index contributed by atoms with van der Waals surface area (Å²) in [5.41, 5.74) is 2.72. The van der Waals surface area contributed by atoms with Crippen molar-refractivity contribution in [2.24, 2.45) is 0 Å². The fraction of sp³-hybridized carbons (Fsp3) is 0.308. The summed E-state index contributed by atoms with van der Waals surface area (Å²) in [5, 5.41) is 8.06. The first-order valence-electron chi connectivity index (χ1n) is 5.45.